The van der Waals surface area contributed by atoms with Crippen molar-refractivity contribution in [3.63, 3.8) is 0 Å². The molecule has 0 radical (unpaired) electrons. The van der Waals surface area contributed by atoms with E-state index in [0.717, 1.165) is 35.4 Å². The molecule has 214 valence electrons. The molecule has 4 atom stereocenters. The van der Waals surface area contributed by atoms with E-state index in [4.69, 9.17) is 15.2 Å². The van der Waals surface area contributed by atoms with E-state index in [1.807, 2.05) is 30.1 Å². The molecule has 8 heteroatoms. The first-order valence-corrected chi connectivity index (χ1v) is 15.2. The molecule has 1 saturated heterocycles. The fraction of sp³-hybridized carbons (Fsp3) is 0.424. The summed E-state index contributed by atoms with van der Waals surface area (Å²) in [4.78, 5) is 18.8. The first-order valence-electron chi connectivity index (χ1n) is 14.4. The predicted octanol–water partition coefficient (Wildman–Crippen LogP) is 3.59. The number of ether oxygens (including phenoxy) is 2. The first kappa shape index (κ1) is 27.9. The van der Waals surface area contributed by atoms with Crippen LogP contribution in [0, 0.1) is 5.92 Å². The first-order chi connectivity index (χ1) is 19.9. The lowest BCUT2D eigenvalue weighted by molar-refractivity contribution is -0.123. The number of benzene rings is 1. The summed E-state index contributed by atoms with van der Waals surface area (Å²) in [5, 5.41) is 3.41. The molecule has 3 N–H and O–H groups in total. The van der Waals surface area contributed by atoms with Crippen LogP contribution in [0.4, 0.5) is 0 Å². The molecule has 0 saturated carbocycles. The number of nitrogens with one attached hydrogen (secondary N) is 1. The summed E-state index contributed by atoms with van der Waals surface area (Å²) in [6, 6.07) is 6.66. The molecule has 0 bridgehead atoms. The number of rotatable bonds is 8. The summed E-state index contributed by atoms with van der Waals surface area (Å²) < 4.78 is 11.8. The molecule has 1 fully saturated rings. The van der Waals surface area contributed by atoms with Crippen LogP contribution in [0.1, 0.15) is 24.0 Å². The average Bonchev–Trinajstić information content (AvgIpc) is 3.28. The summed E-state index contributed by atoms with van der Waals surface area (Å²) in [7, 11) is 4.13. The number of morpholine rings is 1. The standard InChI is InChI=1S/C33H38N4O3S/c1-33-27(24-6-4-7-25-29(38)19-31(40-32(24)25)37-14-16-39-17-15-37)8-5-9-28(33)26-18-22(10-11-30(26)41-33)23(20-34)21-35-12-13-36(2)3/h4,6-7,9-11,18-19,21,25,28,32,35H,12-17,20,34H2,1-3H3/b23-21+. The van der Waals surface area contributed by atoms with Crippen LogP contribution in [0.25, 0.3) is 5.57 Å². The van der Waals surface area contributed by atoms with Gasteiger partial charge < -0.3 is 30.3 Å². The van der Waals surface area contributed by atoms with Gasteiger partial charge in [0.2, 0.25) is 0 Å². The number of thioether (sulfide) groups is 1. The molecule has 0 amide bonds. The van der Waals surface area contributed by atoms with E-state index < -0.39 is 6.10 Å². The van der Waals surface area contributed by atoms with Crippen molar-refractivity contribution in [2.75, 3.05) is 60.0 Å². The summed E-state index contributed by atoms with van der Waals surface area (Å²) >= 11 is 1.86. The van der Waals surface area contributed by atoms with Crippen LogP contribution in [0.2, 0.25) is 0 Å². The van der Waals surface area contributed by atoms with Crippen molar-refractivity contribution < 1.29 is 14.3 Å². The van der Waals surface area contributed by atoms with E-state index in [0.29, 0.717) is 38.7 Å². The lowest BCUT2D eigenvalue weighted by Crippen LogP contribution is -2.44. The Morgan fingerprint density at radius 1 is 1.32 bits per heavy atom. The molecule has 2 aliphatic carbocycles. The van der Waals surface area contributed by atoms with Gasteiger partial charge in [0.05, 0.1) is 23.9 Å². The molecule has 0 spiro atoms. The number of allylic oxidation sites excluding steroid dienone is 4. The van der Waals surface area contributed by atoms with Crippen LogP contribution in [-0.2, 0) is 14.3 Å². The maximum atomic E-state index is 13.3. The van der Waals surface area contributed by atoms with Gasteiger partial charge in [-0.3, -0.25) is 4.79 Å². The molecular formula is C33H38N4O3S. The van der Waals surface area contributed by atoms with Crippen molar-refractivity contribution in [3.8, 4) is 0 Å². The van der Waals surface area contributed by atoms with Crippen molar-refractivity contribution in [1.29, 1.82) is 0 Å². The summed E-state index contributed by atoms with van der Waals surface area (Å²) in [6.45, 7) is 7.25. The molecule has 3 heterocycles. The Hall–Kier alpha value is -3.22. The third-order valence-corrected chi connectivity index (χ3v) is 9.93. The number of likely N-dealkylation sites (N-methyl/N-ethyl adjacent to an activating group) is 1. The van der Waals surface area contributed by atoms with E-state index >= 15 is 0 Å². The van der Waals surface area contributed by atoms with Crippen LogP contribution >= 0.6 is 11.8 Å². The van der Waals surface area contributed by atoms with Gasteiger partial charge in [0.1, 0.15) is 6.10 Å². The van der Waals surface area contributed by atoms with Crippen LogP contribution in [0.5, 0.6) is 0 Å². The molecule has 3 aliphatic heterocycles. The molecular weight excluding hydrogens is 532 g/mol. The Morgan fingerprint density at radius 2 is 2.15 bits per heavy atom. The average molecular weight is 571 g/mol. The van der Waals surface area contributed by atoms with Gasteiger partial charge in [-0.2, -0.15) is 0 Å². The molecule has 4 unspecified atom stereocenters. The van der Waals surface area contributed by atoms with Crippen molar-refractivity contribution >= 4 is 23.1 Å². The van der Waals surface area contributed by atoms with Gasteiger partial charge in [0.25, 0.3) is 0 Å². The zero-order chi connectivity index (χ0) is 28.6. The number of hydrogen-bond donors (Lipinski definition) is 2. The van der Waals surface area contributed by atoms with Crippen LogP contribution < -0.4 is 11.1 Å². The van der Waals surface area contributed by atoms with Crippen molar-refractivity contribution in [2.24, 2.45) is 11.7 Å². The van der Waals surface area contributed by atoms with Gasteiger partial charge in [0, 0.05) is 67.0 Å². The fourth-order valence-corrected chi connectivity index (χ4v) is 7.65. The summed E-state index contributed by atoms with van der Waals surface area (Å²) in [5.74, 6) is 0.484. The second-order valence-corrected chi connectivity index (χ2v) is 12.9. The SMILES string of the molecule is CN(C)CCN/C=C(\CN)c1ccc2c(c1)C1C=C=C=C(C3=CC=CC4C(=O)C=C(N5CCOCC5)OC34)C1(C)S2. The molecule has 5 aliphatic rings. The quantitative estimate of drug-likeness (QED) is 0.363. The molecule has 6 rings (SSSR count). The van der Waals surface area contributed by atoms with Crippen molar-refractivity contribution in [3.05, 3.63) is 94.4 Å². The zero-order valence-corrected chi connectivity index (χ0v) is 24.8. The van der Waals surface area contributed by atoms with Crippen LogP contribution in [0.3, 0.4) is 0 Å². The monoisotopic (exact) mass is 570 g/mol. The van der Waals surface area contributed by atoms with E-state index in [9.17, 15) is 4.79 Å². The highest BCUT2D eigenvalue weighted by molar-refractivity contribution is 8.01. The second kappa shape index (κ2) is 11.6. The lowest BCUT2D eigenvalue weighted by Gasteiger charge is -2.41. The minimum absolute atomic E-state index is 0.0783. The van der Waals surface area contributed by atoms with Gasteiger partial charge in [-0.1, -0.05) is 35.8 Å². The Bertz CT molecular complexity index is 1450. The Morgan fingerprint density at radius 3 is 2.93 bits per heavy atom. The largest absolute Gasteiger partial charge is 0.470 e. The molecule has 41 heavy (non-hydrogen) atoms. The maximum absolute atomic E-state index is 13.3. The molecule has 1 aromatic carbocycles. The van der Waals surface area contributed by atoms with E-state index in [-0.39, 0.29) is 22.4 Å². The highest BCUT2D eigenvalue weighted by atomic mass is 32.2. The number of hydrogen-bond acceptors (Lipinski definition) is 8. The molecule has 7 nitrogen and oxygen atoms in total. The minimum Gasteiger partial charge on any atom is -0.470 e. The highest BCUT2D eigenvalue weighted by Crippen LogP contribution is 2.60. The number of carbonyl (C=O) groups excluding carboxylic acids is 1. The van der Waals surface area contributed by atoms with E-state index in [1.54, 1.807) is 6.08 Å². The Balaban J connectivity index is 1.27. The smallest absolute Gasteiger partial charge is 0.193 e. The molecule has 1 aromatic rings. The zero-order valence-electron chi connectivity index (χ0n) is 24.0. The van der Waals surface area contributed by atoms with Crippen LogP contribution in [-0.4, -0.2) is 86.5 Å². The third kappa shape index (κ3) is 5.28. The van der Waals surface area contributed by atoms with Gasteiger partial charge in [-0.05, 0) is 55.9 Å². The lowest BCUT2D eigenvalue weighted by atomic mass is 9.73. The topological polar surface area (TPSA) is 80.1 Å². The van der Waals surface area contributed by atoms with Crippen molar-refractivity contribution in [1.82, 2.24) is 15.1 Å². The number of ketones is 1. The van der Waals surface area contributed by atoms with E-state index in [2.05, 4.69) is 77.9 Å². The molecule has 0 aromatic heterocycles. The van der Waals surface area contributed by atoms with E-state index in [1.165, 1.54) is 10.5 Å². The predicted molar refractivity (Wildman–Crippen MR) is 163 cm³/mol. The normalized spacial score (nSPS) is 28.5. The number of nitrogens with two attached hydrogens (primary N) is 1. The van der Waals surface area contributed by atoms with Gasteiger partial charge in [-0.25, -0.2) is 0 Å². The van der Waals surface area contributed by atoms with Gasteiger partial charge >= 0.3 is 0 Å². The number of carbonyl (C=O) groups is 1. The fourth-order valence-electron chi connectivity index (χ4n) is 6.16. The number of fused-ring (bicyclic) bond motifs is 4. The Labute approximate surface area is 246 Å². The summed E-state index contributed by atoms with van der Waals surface area (Å²) in [6.07, 6.45) is 11.5. The highest BCUT2D eigenvalue weighted by Gasteiger charge is 2.50. The number of nitrogens with zero attached hydrogens (tertiary/aromatic N) is 2. The second-order valence-electron chi connectivity index (χ2n) is 11.4. The van der Waals surface area contributed by atoms with Gasteiger partial charge in [-0.15, -0.1) is 11.8 Å². The minimum atomic E-state index is -0.393. The Kier molecular flexibility index (Phi) is 7.88. The van der Waals surface area contributed by atoms with Crippen molar-refractivity contribution in [2.45, 2.75) is 28.6 Å². The maximum Gasteiger partial charge on any atom is 0.193 e. The van der Waals surface area contributed by atoms with Crippen LogP contribution in [0.15, 0.2) is 88.2 Å². The third-order valence-electron chi connectivity index (χ3n) is 8.45. The summed E-state index contributed by atoms with van der Waals surface area (Å²) in [5.41, 5.74) is 18.5. The van der Waals surface area contributed by atoms with Gasteiger partial charge in [0.15, 0.2) is 11.7 Å².